The minimum atomic E-state index is -0.594. The number of methoxy groups -OCH3 is 1. The molecule has 0 aliphatic heterocycles. The Morgan fingerprint density at radius 3 is 2.71 bits per heavy atom. The molecule has 8 heteroatoms. The molecule has 21 heavy (non-hydrogen) atoms. The molecule has 0 amide bonds. The van der Waals surface area contributed by atoms with Crippen LogP contribution in [0, 0.1) is 23.3 Å². The van der Waals surface area contributed by atoms with E-state index in [0.717, 1.165) is 12.1 Å². The van der Waals surface area contributed by atoms with Gasteiger partial charge in [0, 0.05) is 6.07 Å². The van der Waals surface area contributed by atoms with Gasteiger partial charge in [0.2, 0.25) is 5.88 Å². The van der Waals surface area contributed by atoms with E-state index in [4.69, 9.17) is 17.0 Å². The number of hydrogen-bond acceptors (Lipinski definition) is 4. The van der Waals surface area contributed by atoms with Gasteiger partial charge in [0.15, 0.2) is 10.4 Å². The van der Waals surface area contributed by atoms with Crippen molar-refractivity contribution < 1.29 is 13.5 Å². The topological polar surface area (TPSA) is 55.7 Å². The van der Waals surface area contributed by atoms with Crippen LogP contribution in [-0.4, -0.2) is 26.6 Å². The van der Waals surface area contributed by atoms with E-state index in [0.29, 0.717) is 11.2 Å². The molecule has 0 aliphatic carbocycles. The Kier molecular flexibility index (Phi) is 3.17. The monoisotopic (exact) mass is 308 g/mol. The number of benzene rings is 1. The van der Waals surface area contributed by atoms with Crippen LogP contribution in [-0.2, 0) is 0 Å². The van der Waals surface area contributed by atoms with Crippen molar-refractivity contribution in [3.63, 3.8) is 0 Å². The highest BCUT2D eigenvalue weighted by atomic mass is 32.1. The standard InChI is InChI=1S/C13H10F2N4OS/c1-6-3-8(15)9(4-7(6)14)19-11-10(18-13(19)21)12(20-2)17-5-16-11/h3-5H,1-2H3,(H,18,21). The third-order valence-electron chi connectivity index (χ3n) is 3.10. The van der Waals surface area contributed by atoms with Crippen LogP contribution in [0.4, 0.5) is 8.78 Å². The molecule has 3 aromatic rings. The number of nitrogens with zero attached hydrogens (tertiary/aromatic N) is 3. The van der Waals surface area contributed by atoms with E-state index >= 15 is 0 Å². The lowest BCUT2D eigenvalue weighted by Crippen LogP contribution is -2.01. The summed E-state index contributed by atoms with van der Waals surface area (Å²) in [6.45, 7) is 1.49. The maximum absolute atomic E-state index is 14.2. The van der Waals surface area contributed by atoms with Gasteiger partial charge in [0.1, 0.15) is 23.5 Å². The summed E-state index contributed by atoms with van der Waals surface area (Å²) in [6, 6.07) is 2.20. The number of aromatic amines is 1. The number of ether oxygens (including phenoxy) is 1. The lowest BCUT2D eigenvalue weighted by Gasteiger charge is -2.07. The minimum Gasteiger partial charge on any atom is -0.479 e. The average Bonchev–Trinajstić information content (AvgIpc) is 2.79. The van der Waals surface area contributed by atoms with Crippen molar-refractivity contribution in [2.75, 3.05) is 7.11 Å². The Hall–Kier alpha value is -2.35. The lowest BCUT2D eigenvalue weighted by molar-refractivity contribution is 0.401. The second-order valence-corrected chi connectivity index (χ2v) is 4.79. The van der Waals surface area contributed by atoms with E-state index < -0.39 is 11.6 Å². The molecule has 0 saturated carbocycles. The third kappa shape index (κ3) is 2.07. The molecule has 2 aromatic heterocycles. The molecule has 0 radical (unpaired) electrons. The second-order valence-electron chi connectivity index (χ2n) is 4.40. The number of aromatic nitrogens is 4. The maximum Gasteiger partial charge on any atom is 0.242 e. The maximum atomic E-state index is 14.2. The fraction of sp³-hybridized carbons (Fsp3) is 0.154. The molecule has 5 nitrogen and oxygen atoms in total. The van der Waals surface area contributed by atoms with Crippen LogP contribution in [0.5, 0.6) is 5.88 Å². The first-order valence-corrected chi connectivity index (χ1v) is 6.39. The molecule has 0 aliphatic rings. The fourth-order valence-corrected chi connectivity index (χ4v) is 2.37. The van der Waals surface area contributed by atoms with Gasteiger partial charge < -0.3 is 9.72 Å². The Labute approximate surface area is 123 Å². The molecule has 108 valence electrons. The first-order valence-electron chi connectivity index (χ1n) is 5.98. The fourth-order valence-electron chi connectivity index (χ4n) is 2.08. The summed E-state index contributed by atoms with van der Waals surface area (Å²) in [4.78, 5) is 10.8. The molecule has 1 N–H and O–H groups in total. The van der Waals surface area contributed by atoms with E-state index in [9.17, 15) is 8.78 Å². The Balaban J connectivity index is 2.39. The number of rotatable bonds is 2. The number of aryl methyl sites for hydroxylation is 1. The van der Waals surface area contributed by atoms with Gasteiger partial charge in [-0.05, 0) is 30.8 Å². The summed E-state index contributed by atoms with van der Waals surface area (Å²) >= 11 is 5.17. The van der Waals surface area contributed by atoms with Crippen molar-refractivity contribution in [2.45, 2.75) is 6.92 Å². The Bertz CT molecular complexity index is 903. The van der Waals surface area contributed by atoms with Gasteiger partial charge in [-0.1, -0.05) is 0 Å². The van der Waals surface area contributed by atoms with Gasteiger partial charge in [-0.2, -0.15) is 4.98 Å². The van der Waals surface area contributed by atoms with Crippen molar-refractivity contribution in [2.24, 2.45) is 0 Å². The normalized spacial score (nSPS) is 11.0. The van der Waals surface area contributed by atoms with Crippen LogP contribution in [0.1, 0.15) is 5.56 Å². The van der Waals surface area contributed by atoms with Crippen molar-refractivity contribution >= 4 is 23.4 Å². The zero-order chi connectivity index (χ0) is 15.1. The van der Waals surface area contributed by atoms with E-state index in [-0.39, 0.29) is 21.9 Å². The van der Waals surface area contributed by atoms with Gasteiger partial charge in [0.25, 0.3) is 0 Å². The highest BCUT2D eigenvalue weighted by Crippen LogP contribution is 2.26. The number of halogens is 2. The van der Waals surface area contributed by atoms with Crippen LogP contribution in [0.3, 0.4) is 0 Å². The molecular weight excluding hydrogens is 298 g/mol. The molecular formula is C13H10F2N4OS. The van der Waals surface area contributed by atoms with Gasteiger partial charge in [-0.15, -0.1) is 0 Å². The lowest BCUT2D eigenvalue weighted by atomic mass is 10.2. The predicted octanol–water partition coefficient (Wildman–Crippen LogP) is 3.07. The van der Waals surface area contributed by atoms with Crippen molar-refractivity contribution in [1.82, 2.24) is 19.5 Å². The van der Waals surface area contributed by atoms with Crippen molar-refractivity contribution in [3.8, 4) is 11.6 Å². The quantitative estimate of drug-likeness (QED) is 0.739. The van der Waals surface area contributed by atoms with Crippen LogP contribution in [0.25, 0.3) is 16.9 Å². The summed E-state index contributed by atoms with van der Waals surface area (Å²) in [6.07, 6.45) is 1.27. The summed E-state index contributed by atoms with van der Waals surface area (Å²) < 4.78 is 34.5. The zero-order valence-corrected chi connectivity index (χ0v) is 12.0. The van der Waals surface area contributed by atoms with Crippen LogP contribution in [0.2, 0.25) is 0 Å². The number of H-pyrrole nitrogens is 1. The molecule has 0 fully saturated rings. The summed E-state index contributed by atoms with van der Waals surface area (Å²) in [5, 5.41) is 0. The molecule has 2 heterocycles. The first kappa shape index (κ1) is 13.6. The molecule has 0 spiro atoms. The summed E-state index contributed by atoms with van der Waals surface area (Å²) in [5.41, 5.74) is 0.935. The number of imidazole rings is 1. The van der Waals surface area contributed by atoms with Crippen molar-refractivity contribution in [1.29, 1.82) is 0 Å². The smallest absolute Gasteiger partial charge is 0.242 e. The molecule has 3 rings (SSSR count). The highest BCUT2D eigenvalue weighted by molar-refractivity contribution is 7.71. The summed E-state index contributed by atoms with van der Waals surface area (Å²) in [5.74, 6) is -0.843. The summed E-state index contributed by atoms with van der Waals surface area (Å²) in [7, 11) is 1.45. The average molecular weight is 308 g/mol. The molecule has 0 unspecified atom stereocenters. The Morgan fingerprint density at radius 2 is 2.00 bits per heavy atom. The molecule has 0 bridgehead atoms. The van der Waals surface area contributed by atoms with E-state index in [1.165, 1.54) is 24.9 Å². The number of hydrogen-bond donors (Lipinski definition) is 1. The van der Waals surface area contributed by atoms with Gasteiger partial charge in [-0.3, -0.25) is 4.57 Å². The third-order valence-corrected chi connectivity index (χ3v) is 3.39. The second kappa shape index (κ2) is 4.88. The van der Waals surface area contributed by atoms with Gasteiger partial charge >= 0.3 is 0 Å². The molecule has 1 aromatic carbocycles. The van der Waals surface area contributed by atoms with Crippen LogP contribution < -0.4 is 4.74 Å². The van der Waals surface area contributed by atoms with E-state index in [2.05, 4.69) is 15.0 Å². The number of nitrogens with one attached hydrogen (secondary N) is 1. The van der Waals surface area contributed by atoms with Gasteiger partial charge in [0.05, 0.1) is 12.8 Å². The van der Waals surface area contributed by atoms with E-state index in [1.807, 2.05) is 0 Å². The SMILES string of the molecule is COc1ncnc2c1[nH]c(=S)n2-c1cc(F)c(C)cc1F. The largest absolute Gasteiger partial charge is 0.479 e. The Morgan fingerprint density at radius 1 is 1.24 bits per heavy atom. The first-order chi connectivity index (χ1) is 10.0. The van der Waals surface area contributed by atoms with Gasteiger partial charge in [-0.25, -0.2) is 13.8 Å². The molecule has 0 saturated heterocycles. The van der Waals surface area contributed by atoms with Crippen LogP contribution >= 0.6 is 12.2 Å². The molecule has 0 atom stereocenters. The number of fused-ring (bicyclic) bond motifs is 1. The predicted molar refractivity (Wildman–Crippen MR) is 75.3 cm³/mol. The van der Waals surface area contributed by atoms with Crippen LogP contribution in [0.15, 0.2) is 18.5 Å². The highest BCUT2D eigenvalue weighted by Gasteiger charge is 2.17. The van der Waals surface area contributed by atoms with E-state index in [1.54, 1.807) is 0 Å². The minimum absolute atomic E-state index is 0.0184. The zero-order valence-electron chi connectivity index (χ0n) is 11.1. The van der Waals surface area contributed by atoms with Crippen molar-refractivity contribution in [3.05, 3.63) is 40.4 Å².